The average Bonchev–Trinajstić information content (AvgIpc) is 2.53. The van der Waals surface area contributed by atoms with Gasteiger partial charge in [-0.25, -0.2) is 0 Å². The first-order valence-corrected chi connectivity index (χ1v) is 7.27. The van der Waals surface area contributed by atoms with E-state index < -0.39 is 0 Å². The second-order valence-electron chi connectivity index (χ2n) is 4.84. The molecule has 110 valence electrons. The minimum Gasteiger partial charge on any atom is -0.465 e. The Hall–Kier alpha value is -2.13. The highest BCUT2D eigenvalue weighted by atomic mass is 16.5. The van der Waals surface area contributed by atoms with E-state index >= 15 is 0 Å². The average molecular weight is 283 g/mol. The number of ether oxygens (including phenoxy) is 1. The fourth-order valence-electron chi connectivity index (χ4n) is 2.26. The largest absolute Gasteiger partial charge is 0.465 e. The van der Waals surface area contributed by atoms with E-state index in [1.807, 2.05) is 43.3 Å². The molecule has 0 saturated carbocycles. The molecule has 0 bridgehead atoms. The maximum Gasteiger partial charge on any atom is 0.319 e. The highest BCUT2D eigenvalue weighted by Gasteiger charge is 2.13. The zero-order chi connectivity index (χ0) is 14.9. The Morgan fingerprint density at radius 3 is 2.29 bits per heavy atom. The molecule has 0 aliphatic rings. The lowest BCUT2D eigenvalue weighted by molar-refractivity contribution is -0.142. The van der Waals surface area contributed by atoms with Gasteiger partial charge in [-0.15, -0.1) is 0 Å². The predicted octanol–water partition coefficient (Wildman–Crippen LogP) is 3.12. The Bertz CT molecular complexity index is 540. The van der Waals surface area contributed by atoms with Crippen LogP contribution in [0.1, 0.15) is 24.1 Å². The molecular formula is C18H21NO2. The van der Waals surface area contributed by atoms with Crippen molar-refractivity contribution in [1.82, 2.24) is 5.32 Å². The number of rotatable bonds is 7. The first-order valence-electron chi connectivity index (χ1n) is 7.27. The highest BCUT2D eigenvalue weighted by Crippen LogP contribution is 2.18. The van der Waals surface area contributed by atoms with Crippen molar-refractivity contribution in [3.63, 3.8) is 0 Å². The van der Waals surface area contributed by atoms with Gasteiger partial charge in [-0.05, 0) is 24.5 Å². The van der Waals surface area contributed by atoms with Crippen molar-refractivity contribution >= 4 is 5.97 Å². The van der Waals surface area contributed by atoms with Gasteiger partial charge in [0.25, 0.3) is 0 Å². The summed E-state index contributed by atoms with van der Waals surface area (Å²) in [6.45, 7) is 2.45. The Morgan fingerprint density at radius 2 is 1.67 bits per heavy atom. The molecule has 1 N–H and O–H groups in total. The molecule has 1 atom stereocenters. The molecule has 0 amide bonds. The number of nitrogens with one attached hydrogen (secondary N) is 1. The Kier molecular flexibility index (Phi) is 5.98. The minimum absolute atomic E-state index is 0.0954. The number of carbonyl (C=O) groups excluding carboxylic acids is 1. The van der Waals surface area contributed by atoms with Crippen LogP contribution < -0.4 is 5.32 Å². The summed E-state index contributed by atoms with van der Waals surface area (Å²) in [5.74, 6) is -0.216. The third kappa shape index (κ3) is 5.04. The molecule has 0 fully saturated rings. The number of carbonyl (C=O) groups is 1. The number of hydrogen-bond donors (Lipinski definition) is 1. The molecule has 21 heavy (non-hydrogen) atoms. The lowest BCUT2D eigenvalue weighted by atomic mass is 9.99. The second-order valence-corrected chi connectivity index (χ2v) is 4.84. The van der Waals surface area contributed by atoms with E-state index in [1.54, 1.807) is 0 Å². The highest BCUT2D eigenvalue weighted by molar-refractivity contribution is 5.71. The van der Waals surface area contributed by atoms with Crippen LogP contribution in [-0.2, 0) is 16.0 Å². The van der Waals surface area contributed by atoms with Gasteiger partial charge >= 0.3 is 5.97 Å². The monoisotopic (exact) mass is 283 g/mol. The number of esters is 1. The van der Waals surface area contributed by atoms with Gasteiger partial charge in [0.15, 0.2) is 0 Å². The quantitative estimate of drug-likeness (QED) is 0.793. The molecule has 3 nitrogen and oxygen atoms in total. The molecule has 0 radical (unpaired) electrons. The van der Waals surface area contributed by atoms with E-state index in [0.29, 0.717) is 6.61 Å². The smallest absolute Gasteiger partial charge is 0.319 e. The van der Waals surface area contributed by atoms with Gasteiger partial charge in [0.1, 0.15) is 0 Å². The van der Waals surface area contributed by atoms with Gasteiger partial charge in [0.05, 0.1) is 13.2 Å². The van der Waals surface area contributed by atoms with E-state index in [-0.39, 0.29) is 18.6 Å². The van der Waals surface area contributed by atoms with E-state index in [4.69, 9.17) is 4.74 Å². The zero-order valence-corrected chi connectivity index (χ0v) is 12.3. The molecule has 2 aromatic rings. The van der Waals surface area contributed by atoms with Crippen molar-refractivity contribution in [3.05, 3.63) is 71.8 Å². The van der Waals surface area contributed by atoms with Crippen LogP contribution in [0, 0.1) is 0 Å². The molecule has 0 saturated heterocycles. The standard InChI is InChI=1S/C18H21NO2/c1-2-21-18(20)14-19-17(16-11-7-4-8-12-16)13-15-9-5-3-6-10-15/h3-12,17,19H,2,13-14H2,1H3. The zero-order valence-electron chi connectivity index (χ0n) is 12.3. The van der Waals surface area contributed by atoms with Gasteiger partial charge in [-0.2, -0.15) is 0 Å². The van der Waals surface area contributed by atoms with Crippen LogP contribution in [0.25, 0.3) is 0 Å². The topological polar surface area (TPSA) is 38.3 Å². The summed E-state index contributed by atoms with van der Waals surface area (Å²) >= 11 is 0. The first kappa shape index (κ1) is 15.3. The normalized spacial score (nSPS) is 11.9. The lowest BCUT2D eigenvalue weighted by Crippen LogP contribution is -2.30. The van der Waals surface area contributed by atoms with E-state index in [0.717, 1.165) is 6.42 Å². The molecule has 0 spiro atoms. The first-order chi connectivity index (χ1) is 10.3. The third-order valence-electron chi connectivity index (χ3n) is 3.28. The summed E-state index contributed by atoms with van der Waals surface area (Å²) < 4.78 is 4.98. The third-order valence-corrected chi connectivity index (χ3v) is 3.28. The van der Waals surface area contributed by atoms with Crippen molar-refractivity contribution in [2.75, 3.05) is 13.2 Å². The van der Waals surface area contributed by atoms with Crippen LogP contribution in [0.3, 0.4) is 0 Å². The van der Waals surface area contributed by atoms with Crippen LogP contribution in [0.5, 0.6) is 0 Å². The molecule has 2 rings (SSSR count). The van der Waals surface area contributed by atoms with Crippen LogP contribution in [-0.4, -0.2) is 19.1 Å². The fourth-order valence-corrected chi connectivity index (χ4v) is 2.26. The van der Waals surface area contributed by atoms with Crippen LogP contribution in [0.2, 0.25) is 0 Å². The van der Waals surface area contributed by atoms with Crippen LogP contribution in [0.15, 0.2) is 60.7 Å². The van der Waals surface area contributed by atoms with Gasteiger partial charge in [-0.1, -0.05) is 60.7 Å². The van der Waals surface area contributed by atoms with Crippen molar-refractivity contribution in [3.8, 4) is 0 Å². The van der Waals surface area contributed by atoms with Gasteiger partial charge in [-0.3, -0.25) is 10.1 Å². The summed E-state index contributed by atoms with van der Waals surface area (Å²) in [5.41, 5.74) is 2.41. The van der Waals surface area contributed by atoms with Crippen LogP contribution >= 0.6 is 0 Å². The van der Waals surface area contributed by atoms with Crippen LogP contribution in [0.4, 0.5) is 0 Å². The Balaban J connectivity index is 2.06. The lowest BCUT2D eigenvalue weighted by Gasteiger charge is -2.19. The van der Waals surface area contributed by atoms with Crippen molar-refractivity contribution in [2.45, 2.75) is 19.4 Å². The number of hydrogen-bond acceptors (Lipinski definition) is 3. The molecule has 0 heterocycles. The summed E-state index contributed by atoms with van der Waals surface area (Å²) in [6, 6.07) is 20.5. The molecule has 2 aromatic carbocycles. The van der Waals surface area contributed by atoms with E-state index in [2.05, 4.69) is 29.6 Å². The van der Waals surface area contributed by atoms with Crippen molar-refractivity contribution in [2.24, 2.45) is 0 Å². The molecule has 3 heteroatoms. The van der Waals surface area contributed by atoms with Crippen molar-refractivity contribution < 1.29 is 9.53 Å². The maximum absolute atomic E-state index is 11.5. The summed E-state index contributed by atoms with van der Waals surface area (Å²) in [4.78, 5) is 11.5. The van der Waals surface area contributed by atoms with Gasteiger partial charge < -0.3 is 4.74 Å². The predicted molar refractivity (Wildman–Crippen MR) is 84.0 cm³/mol. The SMILES string of the molecule is CCOC(=O)CNC(Cc1ccccc1)c1ccccc1. The maximum atomic E-state index is 11.5. The molecule has 0 aliphatic heterocycles. The van der Waals surface area contributed by atoms with Crippen molar-refractivity contribution in [1.29, 1.82) is 0 Å². The molecular weight excluding hydrogens is 262 g/mol. The van der Waals surface area contributed by atoms with Gasteiger partial charge in [0, 0.05) is 6.04 Å². The fraction of sp³-hybridized carbons (Fsp3) is 0.278. The Labute approximate surface area is 126 Å². The molecule has 0 aromatic heterocycles. The summed E-state index contributed by atoms with van der Waals surface area (Å²) in [6.07, 6.45) is 0.838. The molecule has 0 aliphatic carbocycles. The summed E-state index contributed by atoms with van der Waals surface area (Å²) in [5, 5.41) is 3.29. The second kappa shape index (κ2) is 8.22. The number of benzene rings is 2. The van der Waals surface area contributed by atoms with E-state index in [1.165, 1.54) is 11.1 Å². The van der Waals surface area contributed by atoms with E-state index in [9.17, 15) is 4.79 Å². The summed E-state index contributed by atoms with van der Waals surface area (Å²) in [7, 11) is 0. The minimum atomic E-state index is -0.216. The van der Waals surface area contributed by atoms with Gasteiger partial charge in [0.2, 0.25) is 0 Å². The Morgan fingerprint density at radius 1 is 1.05 bits per heavy atom. The molecule has 1 unspecified atom stereocenters.